The van der Waals surface area contributed by atoms with Crippen molar-refractivity contribution in [2.45, 2.75) is 25.7 Å². The van der Waals surface area contributed by atoms with Gasteiger partial charge in [-0.05, 0) is 47.9 Å². The van der Waals surface area contributed by atoms with Gasteiger partial charge >= 0.3 is 5.97 Å². The van der Waals surface area contributed by atoms with Crippen LogP contribution in [0.4, 0.5) is 0 Å². The van der Waals surface area contributed by atoms with Crippen LogP contribution < -0.4 is 0 Å². The fraction of sp³-hybridized carbons (Fsp3) is 0.333. The Morgan fingerprint density at radius 2 is 2.22 bits per heavy atom. The molecule has 0 spiro atoms. The first-order valence-electron chi connectivity index (χ1n) is 5.79. The Morgan fingerprint density at radius 1 is 1.44 bits per heavy atom. The van der Waals surface area contributed by atoms with Crippen LogP contribution in [0.3, 0.4) is 0 Å². The molecule has 1 heterocycles. The maximum Gasteiger partial charge on any atom is 0.336 e. The number of carboxylic acid groups (broad SMARTS) is 1. The van der Waals surface area contributed by atoms with Crippen LogP contribution in [0.15, 0.2) is 18.2 Å². The Hall–Kier alpha value is -2.24. The van der Waals surface area contributed by atoms with E-state index in [-0.39, 0.29) is 5.56 Å². The molecule has 1 saturated carbocycles. The normalized spacial score (nSPS) is 14.7. The molecule has 0 atom stereocenters. The molecule has 6 nitrogen and oxygen atoms in total. The quantitative estimate of drug-likeness (QED) is 0.885. The van der Waals surface area contributed by atoms with Crippen LogP contribution in [0, 0.1) is 6.92 Å². The number of benzene rings is 1. The molecule has 1 aliphatic rings. The van der Waals surface area contributed by atoms with E-state index in [9.17, 15) is 4.79 Å². The molecule has 1 fully saturated rings. The number of tetrazole rings is 1. The summed E-state index contributed by atoms with van der Waals surface area (Å²) in [6, 6.07) is 5.22. The lowest BCUT2D eigenvalue weighted by molar-refractivity contribution is 0.0696. The van der Waals surface area contributed by atoms with Crippen LogP contribution in [0.5, 0.6) is 0 Å². The first-order valence-corrected chi connectivity index (χ1v) is 5.79. The van der Waals surface area contributed by atoms with Gasteiger partial charge in [-0.25, -0.2) is 4.79 Å². The number of nitrogens with zero attached hydrogens (tertiary/aromatic N) is 4. The number of hydrogen-bond acceptors (Lipinski definition) is 4. The summed E-state index contributed by atoms with van der Waals surface area (Å²) in [6.45, 7) is 1.77. The highest BCUT2D eigenvalue weighted by atomic mass is 16.4. The van der Waals surface area contributed by atoms with Gasteiger partial charge in [0.2, 0.25) is 0 Å². The van der Waals surface area contributed by atoms with Gasteiger partial charge in [0.15, 0.2) is 5.82 Å². The van der Waals surface area contributed by atoms with Crippen molar-refractivity contribution in [3.63, 3.8) is 0 Å². The number of aromatic carboxylic acids is 1. The van der Waals surface area contributed by atoms with Crippen molar-refractivity contribution >= 4 is 5.97 Å². The largest absolute Gasteiger partial charge is 0.478 e. The van der Waals surface area contributed by atoms with Gasteiger partial charge in [-0.15, -0.1) is 5.10 Å². The smallest absolute Gasteiger partial charge is 0.336 e. The van der Waals surface area contributed by atoms with Crippen molar-refractivity contribution in [3.8, 4) is 5.69 Å². The number of carbonyl (C=O) groups is 1. The zero-order valence-corrected chi connectivity index (χ0v) is 9.87. The summed E-state index contributed by atoms with van der Waals surface area (Å²) in [5.74, 6) is 0.292. The van der Waals surface area contributed by atoms with Crippen molar-refractivity contribution in [3.05, 3.63) is 35.2 Å². The first-order chi connectivity index (χ1) is 8.66. The third-order valence-electron chi connectivity index (χ3n) is 3.13. The van der Waals surface area contributed by atoms with Crippen LogP contribution in [0.1, 0.15) is 40.5 Å². The lowest BCUT2D eigenvalue weighted by Gasteiger charge is -2.06. The van der Waals surface area contributed by atoms with E-state index in [1.165, 1.54) is 0 Å². The number of aromatic nitrogens is 4. The maximum absolute atomic E-state index is 11.1. The second-order valence-corrected chi connectivity index (χ2v) is 4.53. The zero-order chi connectivity index (χ0) is 12.7. The highest BCUT2D eigenvalue weighted by Gasteiger charge is 2.30. The van der Waals surface area contributed by atoms with E-state index in [4.69, 9.17) is 5.11 Å². The minimum absolute atomic E-state index is 0.282. The molecule has 0 unspecified atom stereocenters. The standard InChI is InChI=1S/C12H12N4O2/c1-7-2-5-9(6-10(7)12(17)18)16-11(8-3-4-8)13-14-15-16/h2,5-6,8H,3-4H2,1H3,(H,17,18). The molecule has 0 saturated heterocycles. The number of hydrogen-bond donors (Lipinski definition) is 1. The molecule has 1 N–H and O–H groups in total. The summed E-state index contributed by atoms with van der Waals surface area (Å²) < 4.78 is 1.63. The van der Waals surface area contributed by atoms with Gasteiger partial charge < -0.3 is 5.11 Å². The summed E-state index contributed by atoms with van der Waals surface area (Å²) >= 11 is 0. The van der Waals surface area contributed by atoms with Gasteiger partial charge in [0.25, 0.3) is 0 Å². The predicted molar refractivity (Wildman–Crippen MR) is 62.8 cm³/mol. The Labute approximate surface area is 103 Å². The van der Waals surface area contributed by atoms with E-state index < -0.39 is 5.97 Å². The lowest BCUT2D eigenvalue weighted by atomic mass is 10.1. The Morgan fingerprint density at radius 3 is 2.89 bits per heavy atom. The summed E-state index contributed by atoms with van der Waals surface area (Å²) in [6.07, 6.45) is 2.19. The molecule has 18 heavy (non-hydrogen) atoms. The Balaban J connectivity index is 2.08. The minimum Gasteiger partial charge on any atom is -0.478 e. The third-order valence-corrected chi connectivity index (χ3v) is 3.13. The number of aryl methyl sites for hydroxylation is 1. The molecule has 1 aromatic carbocycles. The molecule has 1 aromatic heterocycles. The van der Waals surface area contributed by atoms with E-state index >= 15 is 0 Å². The first kappa shape index (κ1) is 10.9. The molecule has 0 bridgehead atoms. The van der Waals surface area contributed by atoms with Crippen LogP contribution in [0.25, 0.3) is 5.69 Å². The van der Waals surface area contributed by atoms with Gasteiger partial charge in [0, 0.05) is 5.92 Å². The molecular weight excluding hydrogens is 232 g/mol. The average molecular weight is 244 g/mol. The van der Waals surface area contributed by atoms with Gasteiger partial charge in [-0.2, -0.15) is 4.68 Å². The zero-order valence-electron chi connectivity index (χ0n) is 9.87. The lowest BCUT2D eigenvalue weighted by Crippen LogP contribution is -2.06. The monoisotopic (exact) mass is 244 g/mol. The number of carboxylic acids is 1. The Kier molecular flexibility index (Phi) is 2.36. The van der Waals surface area contributed by atoms with Crippen molar-refractivity contribution in [2.24, 2.45) is 0 Å². The molecule has 0 amide bonds. The molecule has 2 aromatic rings. The van der Waals surface area contributed by atoms with E-state index in [2.05, 4.69) is 15.5 Å². The van der Waals surface area contributed by atoms with Crippen molar-refractivity contribution in [1.29, 1.82) is 0 Å². The molecule has 6 heteroatoms. The molecule has 0 radical (unpaired) electrons. The Bertz CT molecular complexity index is 616. The molecular formula is C12H12N4O2. The number of rotatable bonds is 3. The average Bonchev–Trinajstić information content (AvgIpc) is 3.08. The van der Waals surface area contributed by atoms with Crippen molar-refractivity contribution in [2.75, 3.05) is 0 Å². The molecule has 0 aliphatic heterocycles. The van der Waals surface area contributed by atoms with Crippen LogP contribution in [-0.4, -0.2) is 31.3 Å². The van der Waals surface area contributed by atoms with E-state index in [0.717, 1.165) is 24.2 Å². The predicted octanol–water partition coefficient (Wildman–Crippen LogP) is 1.55. The van der Waals surface area contributed by atoms with E-state index in [0.29, 0.717) is 11.6 Å². The topological polar surface area (TPSA) is 80.9 Å². The second-order valence-electron chi connectivity index (χ2n) is 4.53. The SMILES string of the molecule is Cc1ccc(-n2nnnc2C2CC2)cc1C(=O)O. The fourth-order valence-corrected chi connectivity index (χ4v) is 1.95. The van der Waals surface area contributed by atoms with Gasteiger partial charge in [0.1, 0.15) is 0 Å². The maximum atomic E-state index is 11.1. The fourth-order valence-electron chi connectivity index (χ4n) is 1.95. The van der Waals surface area contributed by atoms with E-state index in [1.807, 2.05) is 6.07 Å². The third kappa shape index (κ3) is 1.75. The molecule has 92 valence electrons. The highest BCUT2D eigenvalue weighted by Crippen LogP contribution is 2.39. The van der Waals surface area contributed by atoms with Gasteiger partial charge in [-0.3, -0.25) is 0 Å². The van der Waals surface area contributed by atoms with Crippen molar-refractivity contribution in [1.82, 2.24) is 20.2 Å². The molecule has 1 aliphatic carbocycles. The van der Waals surface area contributed by atoms with Crippen molar-refractivity contribution < 1.29 is 9.90 Å². The summed E-state index contributed by atoms with van der Waals surface area (Å²) in [7, 11) is 0. The van der Waals surface area contributed by atoms with Gasteiger partial charge in [-0.1, -0.05) is 6.07 Å². The van der Waals surface area contributed by atoms with Crippen LogP contribution in [0.2, 0.25) is 0 Å². The van der Waals surface area contributed by atoms with Crippen LogP contribution >= 0.6 is 0 Å². The summed E-state index contributed by atoms with van der Waals surface area (Å²) in [4.78, 5) is 11.1. The minimum atomic E-state index is -0.935. The van der Waals surface area contributed by atoms with Gasteiger partial charge in [0.05, 0.1) is 11.3 Å². The highest BCUT2D eigenvalue weighted by molar-refractivity contribution is 5.90. The summed E-state index contributed by atoms with van der Waals surface area (Å²) in [5, 5.41) is 20.7. The summed E-state index contributed by atoms with van der Waals surface area (Å²) in [5.41, 5.74) is 1.71. The van der Waals surface area contributed by atoms with Crippen LogP contribution in [-0.2, 0) is 0 Å². The molecule has 3 rings (SSSR count). The second kappa shape index (κ2) is 3.90. The van der Waals surface area contributed by atoms with E-state index in [1.54, 1.807) is 23.7 Å².